The molecular weight excluding hydrogens is 214 g/mol. The van der Waals surface area contributed by atoms with Gasteiger partial charge in [-0.3, -0.25) is 9.48 Å². The smallest absolute Gasteiger partial charge is 0.294 e. The Kier molecular flexibility index (Phi) is 2.58. The van der Waals surface area contributed by atoms with Crippen molar-refractivity contribution >= 4 is 5.69 Å². The summed E-state index contributed by atoms with van der Waals surface area (Å²) in [7, 11) is 1.84. The Morgan fingerprint density at radius 2 is 1.82 bits per heavy atom. The molecule has 0 bridgehead atoms. The Bertz CT molecular complexity index is 635. The van der Waals surface area contributed by atoms with Crippen molar-refractivity contribution in [1.29, 1.82) is 0 Å². The zero-order valence-electron chi connectivity index (χ0n) is 10.6. The molecule has 90 valence electrons. The molecule has 17 heavy (non-hydrogen) atoms. The third-order valence-corrected chi connectivity index (χ3v) is 3.18. The lowest BCUT2D eigenvalue weighted by atomic mass is 10.1. The molecule has 0 aliphatic heterocycles. The highest BCUT2D eigenvalue weighted by molar-refractivity contribution is 5.48. The normalized spacial score (nSPS) is 10.8. The van der Waals surface area contributed by atoms with Gasteiger partial charge in [-0.2, -0.15) is 0 Å². The molecule has 0 radical (unpaired) electrons. The van der Waals surface area contributed by atoms with E-state index in [0.717, 1.165) is 16.9 Å². The quantitative estimate of drug-likeness (QED) is 0.812. The first-order valence-electron chi connectivity index (χ1n) is 5.55. The van der Waals surface area contributed by atoms with Gasteiger partial charge in [-0.1, -0.05) is 17.7 Å². The van der Waals surface area contributed by atoms with Gasteiger partial charge in [0.15, 0.2) is 0 Å². The first-order chi connectivity index (χ1) is 7.93. The average Bonchev–Trinajstić information content (AvgIpc) is 2.45. The SMILES string of the molecule is Cc1ccc(-n2c(=O)c(N)c(C)n2C)c(C)c1. The Balaban J connectivity index is 2.78. The van der Waals surface area contributed by atoms with E-state index in [1.54, 1.807) is 9.36 Å². The van der Waals surface area contributed by atoms with Crippen LogP contribution in [0.1, 0.15) is 16.8 Å². The lowest BCUT2D eigenvalue weighted by molar-refractivity contribution is 0.627. The van der Waals surface area contributed by atoms with E-state index in [9.17, 15) is 4.79 Å². The van der Waals surface area contributed by atoms with Crippen LogP contribution in [0.15, 0.2) is 23.0 Å². The second kappa shape index (κ2) is 3.80. The van der Waals surface area contributed by atoms with Gasteiger partial charge >= 0.3 is 0 Å². The zero-order chi connectivity index (χ0) is 12.7. The summed E-state index contributed by atoms with van der Waals surface area (Å²) in [6.45, 7) is 5.87. The number of nitrogens with zero attached hydrogens (tertiary/aromatic N) is 2. The molecule has 2 rings (SSSR count). The van der Waals surface area contributed by atoms with Gasteiger partial charge in [0.1, 0.15) is 5.69 Å². The standard InChI is InChI=1S/C13H17N3O/c1-8-5-6-11(9(2)7-8)16-13(17)12(14)10(3)15(16)4/h5-7H,14H2,1-4H3. The fourth-order valence-corrected chi connectivity index (χ4v) is 2.04. The van der Waals surface area contributed by atoms with Gasteiger partial charge < -0.3 is 5.73 Å². The van der Waals surface area contributed by atoms with Gasteiger partial charge in [-0.15, -0.1) is 0 Å². The van der Waals surface area contributed by atoms with Crippen LogP contribution in [0, 0.1) is 20.8 Å². The largest absolute Gasteiger partial charge is 0.393 e. The summed E-state index contributed by atoms with van der Waals surface area (Å²) in [5, 5.41) is 0. The van der Waals surface area contributed by atoms with Crippen molar-refractivity contribution in [3.05, 3.63) is 45.4 Å². The number of rotatable bonds is 1. The van der Waals surface area contributed by atoms with Gasteiger partial charge in [-0.05, 0) is 32.4 Å². The van der Waals surface area contributed by atoms with Crippen molar-refractivity contribution in [2.75, 3.05) is 5.73 Å². The Morgan fingerprint density at radius 3 is 2.29 bits per heavy atom. The fraction of sp³-hybridized carbons (Fsp3) is 0.308. The summed E-state index contributed by atoms with van der Waals surface area (Å²) in [6, 6.07) is 6.00. The van der Waals surface area contributed by atoms with Gasteiger partial charge in [0, 0.05) is 7.05 Å². The number of hydrogen-bond acceptors (Lipinski definition) is 2. The maximum absolute atomic E-state index is 12.1. The summed E-state index contributed by atoms with van der Waals surface area (Å²) in [5.74, 6) is 0. The predicted molar refractivity (Wildman–Crippen MR) is 69.6 cm³/mol. The Hall–Kier alpha value is -1.97. The molecule has 0 amide bonds. The third-order valence-electron chi connectivity index (χ3n) is 3.18. The fourth-order valence-electron chi connectivity index (χ4n) is 2.04. The van der Waals surface area contributed by atoms with Crippen molar-refractivity contribution in [3.63, 3.8) is 0 Å². The van der Waals surface area contributed by atoms with E-state index < -0.39 is 0 Å². The van der Waals surface area contributed by atoms with E-state index in [2.05, 4.69) is 6.07 Å². The minimum Gasteiger partial charge on any atom is -0.393 e. The van der Waals surface area contributed by atoms with Crippen LogP contribution in [0.25, 0.3) is 5.69 Å². The molecule has 0 saturated heterocycles. The minimum atomic E-state index is -0.156. The number of aromatic nitrogens is 2. The number of hydrogen-bond donors (Lipinski definition) is 1. The highest BCUT2D eigenvalue weighted by Crippen LogP contribution is 2.16. The van der Waals surface area contributed by atoms with E-state index in [1.165, 1.54) is 5.56 Å². The molecule has 0 spiro atoms. The number of aryl methyl sites for hydroxylation is 2. The van der Waals surface area contributed by atoms with Crippen LogP contribution < -0.4 is 11.3 Å². The van der Waals surface area contributed by atoms with Gasteiger partial charge in [0.2, 0.25) is 0 Å². The first kappa shape index (κ1) is 11.5. The minimum absolute atomic E-state index is 0.156. The maximum atomic E-state index is 12.1. The van der Waals surface area contributed by atoms with Crippen molar-refractivity contribution < 1.29 is 0 Å². The van der Waals surface area contributed by atoms with E-state index >= 15 is 0 Å². The summed E-state index contributed by atoms with van der Waals surface area (Å²) >= 11 is 0. The lowest BCUT2D eigenvalue weighted by Gasteiger charge is -2.11. The molecule has 1 aromatic heterocycles. The molecule has 0 atom stereocenters. The van der Waals surface area contributed by atoms with Crippen LogP contribution in [0.4, 0.5) is 5.69 Å². The Morgan fingerprint density at radius 1 is 1.18 bits per heavy atom. The van der Waals surface area contributed by atoms with E-state index in [-0.39, 0.29) is 5.56 Å². The molecular formula is C13H17N3O. The molecule has 2 aromatic rings. The lowest BCUT2D eigenvalue weighted by Crippen LogP contribution is -2.21. The highest BCUT2D eigenvalue weighted by atomic mass is 16.1. The average molecular weight is 231 g/mol. The molecule has 1 aromatic carbocycles. The predicted octanol–water partition coefficient (Wildman–Crippen LogP) is 1.68. The molecule has 0 saturated carbocycles. The second-order valence-corrected chi connectivity index (χ2v) is 4.43. The third kappa shape index (κ3) is 1.65. The van der Waals surface area contributed by atoms with E-state index in [4.69, 9.17) is 5.73 Å². The number of nitrogen functional groups attached to an aromatic ring is 1. The van der Waals surface area contributed by atoms with Gasteiger partial charge in [0.25, 0.3) is 5.56 Å². The topological polar surface area (TPSA) is 52.9 Å². The van der Waals surface area contributed by atoms with Crippen LogP contribution in [-0.4, -0.2) is 9.36 Å². The molecule has 4 nitrogen and oxygen atoms in total. The summed E-state index contributed by atoms with van der Waals surface area (Å²) < 4.78 is 3.40. The summed E-state index contributed by atoms with van der Waals surface area (Å²) in [5.41, 5.74) is 9.83. The molecule has 0 unspecified atom stereocenters. The summed E-state index contributed by atoms with van der Waals surface area (Å²) in [6.07, 6.45) is 0. The molecule has 2 N–H and O–H groups in total. The van der Waals surface area contributed by atoms with Gasteiger partial charge in [-0.25, -0.2) is 4.68 Å². The zero-order valence-corrected chi connectivity index (χ0v) is 10.6. The van der Waals surface area contributed by atoms with Crippen LogP contribution in [0.5, 0.6) is 0 Å². The molecule has 1 heterocycles. The maximum Gasteiger partial charge on any atom is 0.294 e. The number of nitrogens with two attached hydrogens (primary N) is 1. The summed E-state index contributed by atoms with van der Waals surface area (Å²) in [4.78, 5) is 12.1. The van der Waals surface area contributed by atoms with E-state index in [0.29, 0.717) is 5.69 Å². The first-order valence-corrected chi connectivity index (χ1v) is 5.55. The number of anilines is 1. The molecule has 0 aliphatic rings. The van der Waals surface area contributed by atoms with Crippen LogP contribution in [0.2, 0.25) is 0 Å². The molecule has 4 heteroatoms. The van der Waals surface area contributed by atoms with Crippen LogP contribution >= 0.6 is 0 Å². The molecule has 0 fully saturated rings. The Labute approximate surface area is 100 Å². The number of benzene rings is 1. The van der Waals surface area contributed by atoms with E-state index in [1.807, 2.05) is 40.0 Å². The highest BCUT2D eigenvalue weighted by Gasteiger charge is 2.14. The van der Waals surface area contributed by atoms with Crippen molar-refractivity contribution in [2.24, 2.45) is 7.05 Å². The van der Waals surface area contributed by atoms with Crippen LogP contribution in [-0.2, 0) is 7.05 Å². The van der Waals surface area contributed by atoms with Crippen molar-refractivity contribution in [3.8, 4) is 5.69 Å². The monoisotopic (exact) mass is 231 g/mol. The second-order valence-electron chi connectivity index (χ2n) is 4.43. The molecule has 0 aliphatic carbocycles. The van der Waals surface area contributed by atoms with Crippen molar-refractivity contribution in [2.45, 2.75) is 20.8 Å². The van der Waals surface area contributed by atoms with Crippen molar-refractivity contribution in [1.82, 2.24) is 9.36 Å². The van der Waals surface area contributed by atoms with Crippen LogP contribution in [0.3, 0.4) is 0 Å². The van der Waals surface area contributed by atoms with Gasteiger partial charge in [0.05, 0.1) is 11.4 Å².